The number of aromatic nitrogens is 1. The van der Waals surface area contributed by atoms with E-state index in [1.165, 1.54) is 17.7 Å². The van der Waals surface area contributed by atoms with E-state index < -0.39 is 5.97 Å². The molecule has 0 unspecified atom stereocenters. The number of carboxylic acids is 1. The quantitative estimate of drug-likeness (QED) is 0.899. The molecule has 0 atom stereocenters. The first kappa shape index (κ1) is 17.7. The Morgan fingerprint density at radius 2 is 2.07 bits per heavy atom. The van der Waals surface area contributed by atoms with Gasteiger partial charge in [-0.2, -0.15) is 0 Å². The highest BCUT2D eigenvalue weighted by Gasteiger charge is 2.26. The number of nitrogens with zero attached hydrogens (tertiary/aromatic N) is 2. The van der Waals surface area contributed by atoms with Gasteiger partial charge >= 0.3 is 5.97 Å². The minimum atomic E-state index is -0.769. The van der Waals surface area contributed by atoms with E-state index in [9.17, 15) is 9.18 Å². The molecule has 2 aliphatic heterocycles. The third-order valence-corrected chi connectivity index (χ3v) is 5.18. The molecule has 0 aliphatic carbocycles. The summed E-state index contributed by atoms with van der Waals surface area (Å²) in [5, 5.41) is 8.88. The lowest BCUT2D eigenvalue weighted by molar-refractivity contribution is -0.137. The summed E-state index contributed by atoms with van der Waals surface area (Å²) in [5.41, 5.74) is 5.07. The fourth-order valence-corrected chi connectivity index (χ4v) is 3.79. The van der Waals surface area contributed by atoms with Crippen molar-refractivity contribution in [2.24, 2.45) is 0 Å². The van der Waals surface area contributed by atoms with Crippen molar-refractivity contribution in [3.8, 4) is 5.75 Å². The van der Waals surface area contributed by atoms with Gasteiger partial charge in [-0.1, -0.05) is 11.6 Å². The molecule has 1 fully saturated rings. The van der Waals surface area contributed by atoms with Crippen LogP contribution in [0.3, 0.4) is 0 Å². The van der Waals surface area contributed by atoms with E-state index in [4.69, 9.17) is 9.84 Å². The number of pyridine rings is 1. The lowest BCUT2D eigenvalue weighted by atomic mass is 9.89. The molecule has 0 saturated carbocycles. The zero-order valence-electron chi connectivity index (χ0n) is 14.9. The van der Waals surface area contributed by atoms with Gasteiger partial charge in [-0.05, 0) is 31.0 Å². The van der Waals surface area contributed by atoms with Gasteiger partial charge in [0.1, 0.15) is 18.2 Å². The summed E-state index contributed by atoms with van der Waals surface area (Å²) in [4.78, 5) is 17.6. The number of aliphatic carboxylic acids is 1. The van der Waals surface area contributed by atoms with Crippen LogP contribution in [-0.4, -0.2) is 40.6 Å². The molecule has 2 aliphatic rings. The van der Waals surface area contributed by atoms with E-state index in [1.54, 1.807) is 12.3 Å². The SMILES string of the molecule is O=C(O)CCN1CCC(=C2c3ccc(F)cc3OCc3cccnc32)CC1. The average molecular weight is 368 g/mol. The first-order valence-corrected chi connectivity index (χ1v) is 9.15. The van der Waals surface area contributed by atoms with E-state index in [0.717, 1.165) is 48.3 Å². The molecule has 0 bridgehead atoms. The van der Waals surface area contributed by atoms with Gasteiger partial charge in [0.05, 0.1) is 12.1 Å². The number of hydrogen-bond acceptors (Lipinski definition) is 4. The lowest BCUT2D eigenvalue weighted by Gasteiger charge is -2.29. The number of hydrogen-bond donors (Lipinski definition) is 1. The fraction of sp³-hybridized carbons (Fsp3) is 0.333. The summed E-state index contributed by atoms with van der Waals surface area (Å²) in [5.74, 6) is -0.543. The van der Waals surface area contributed by atoms with Crippen LogP contribution in [0.15, 0.2) is 42.1 Å². The fourth-order valence-electron chi connectivity index (χ4n) is 3.79. The molecule has 3 heterocycles. The molecule has 6 heteroatoms. The number of piperidine rings is 1. The number of fused-ring (bicyclic) bond motifs is 2. The molecule has 1 N–H and O–H groups in total. The maximum atomic E-state index is 13.8. The molecule has 4 rings (SSSR count). The molecule has 140 valence electrons. The zero-order valence-corrected chi connectivity index (χ0v) is 14.9. The smallest absolute Gasteiger partial charge is 0.304 e. The van der Waals surface area contributed by atoms with Crippen molar-refractivity contribution in [2.45, 2.75) is 25.9 Å². The molecule has 5 nitrogen and oxygen atoms in total. The summed E-state index contributed by atoms with van der Waals surface area (Å²) >= 11 is 0. The molecule has 1 aromatic carbocycles. The monoisotopic (exact) mass is 368 g/mol. The van der Waals surface area contributed by atoms with Crippen molar-refractivity contribution >= 4 is 11.5 Å². The third kappa shape index (κ3) is 3.71. The third-order valence-electron chi connectivity index (χ3n) is 5.18. The summed E-state index contributed by atoms with van der Waals surface area (Å²) in [7, 11) is 0. The second kappa shape index (κ2) is 7.48. The van der Waals surface area contributed by atoms with Gasteiger partial charge in [0, 0.05) is 48.6 Å². The number of ether oxygens (including phenoxy) is 1. The number of rotatable bonds is 3. The van der Waals surface area contributed by atoms with Gasteiger partial charge in [0.15, 0.2) is 0 Å². The molecule has 0 amide bonds. The molecular formula is C21H21FN2O3. The minimum Gasteiger partial charge on any atom is -0.488 e. The van der Waals surface area contributed by atoms with Gasteiger partial charge in [0.2, 0.25) is 0 Å². The number of benzene rings is 1. The Morgan fingerprint density at radius 1 is 1.26 bits per heavy atom. The van der Waals surface area contributed by atoms with Crippen LogP contribution >= 0.6 is 0 Å². The number of halogens is 1. The predicted molar refractivity (Wildman–Crippen MR) is 98.9 cm³/mol. The van der Waals surface area contributed by atoms with E-state index in [1.807, 2.05) is 12.1 Å². The van der Waals surface area contributed by atoms with E-state index in [0.29, 0.717) is 18.9 Å². The Balaban J connectivity index is 1.71. The zero-order chi connectivity index (χ0) is 18.8. The number of carbonyl (C=O) groups is 1. The largest absolute Gasteiger partial charge is 0.488 e. The van der Waals surface area contributed by atoms with Crippen LogP contribution in [0.4, 0.5) is 4.39 Å². The maximum absolute atomic E-state index is 13.8. The molecule has 0 radical (unpaired) electrons. The molecule has 1 saturated heterocycles. The topological polar surface area (TPSA) is 62.7 Å². The van der Waals surface area contributed by atoms with Crippen LogP contribution in [-0.2, 0) is 11.4 Å². The summed E-state index contributed by atoms with van der Waals surface area (Å²) in [6.07, 6.45) is 3.60. The predicted octanol–water partition coefficient (Wildman–Crippen LogP) is 3.49. The van der Waals surface area contributed by atoms with Crippen molar-refractivity contribution in [1.82, 2.24) is 9.88 Å². The maximum Gasteiger partial charge on any atom is 0.304 e. The van der Waals surface area contributed by atoms with Crippen LogP contribution in [0.2, 0.25) is 0 Å². The summed E-state index contributed by atoms with van der Waals surface area (Å²) in [6, 6.07) is 8.54. The van der Waals surface area contributed by atoms with Gasteiger partial charge in [-0.3, -0.25) is 9.78 Å². The Kier molecular flexibility index (Phi) is 4.90. The van der Waals surface area contributed by atoms with E-state index in [-0.39, 0.29) is 12.2 Å². The van der Waals surface area contributed by atoms with Gasteiger partial charge in [-0.25, -0.2) is 4.39 Å². The molecular weight excluding hydrogens is 347 g/mol. The van der Waals surface area contributed by atoms with Crippen LogP contribution in [0.5, 0.6) is 5.75 Å². The Morgan fingerprint density at radius 3 is 2.85 bits per heavy atom. The summed E-state index contributed by atoms with van der Waals surface area (Å²) in [6.45, 7) is 2.55. The van der Waals surface area contributed by atoms with Gasteiger partial charge in [-0.15, -0.1) is 0 Å². The molecule has 0 spiro atoms. The highest BCUT2D eigenvalue weighted by molar-refractivity contribution is 5.85. The van der Waals surface area contributed by atoms with Crippen LogP contribution in [0.25, 0.3) is 5.57 Å². The van der Waals surface area contributed by atoms with Gasteiger partial charge < -0.3 is 14.7 Å². The Bertz CT molecular complexity index is 900. The standard InChI is InChI=1S/C21H21FN2O3/c22-16-3-4-17-18(12-16)27-13-15-2-1-8-23-21(15)20(17)14-5-9-24(10-6-14)11-7-19(25)26/h1-4,8,12H,5-7,9-11,13H2,(H,25,26). The molecule has 2 aromatic rings. The Hall–Kier alpha value is -2.73. The second-order valence-corrected chi connectivity index (χ2v) is 6.90. The van der Waals surface area contributed by atoms with Crippen LogP contribution in [0, 0.1) is 5.82 Å². The summed E-state index contributed by atoms with van der Waals surface area (Å²) < 4.78 is 19.6. The first-order chi connectivity index (χ1) is 13.1. The van der Waals surface area contributed by atoms with Crippen LogP contribution in [0.1, 0.15) is 36.1 Å². The first-order valence-electron chi connectivity index (χ1n) is 9.15. The van der Waals surface area contributed by atoms with Gasteiger partial charge in [0.25, 0.3) is 0 Å². The van der Waals surface area contributed by atoms with Crippen molar-refractivity contribution in [3.05, 3.63) is 64.7 Å². The minimum absolute atomic E-state index is 0.159. The van der Waals surface area contributed by atoms with Crippen molar-refractivity contribution in [1.29, 1.82) is 0 Å². The normalized spacial score (nSPS) is 16.9. The van der Waals surface area contributed by atoms with Crippen molar-refractivity contribution in [3.63, 3.8) is 0 Å². The Labute approximate surface area is 157 Å². The second-order valence-electron chi connectivity index (χ2n) is 6.90. The highest BCUT2D eigenvalue weighted by atomic mass is 19.1. The highest BCUT2D eigenvalue weighted by Crippen LogP contribution is 2.40. The lowest BCUT2D eigenvalue weighted by Crippen LogP contribution is -2.33. The number of carboxylic acid groups (broad SMARTS) is 1. The van der Waals surface area contributed by atoms with E-state index >= 15 is 0 Å². The van der Waals surface area contributed by atoms with Crippen LogP contribution < -0.4 is 4.74 Å². The molecule has 27 heavy (non-hydrogen) atoms. The van der Waals surface area contributed by atoms with E-state index in [2.05, 4.69) is 9.88 Å². The molecule has 1 aromatic heterocycles. The van der Waals surface area contributed by atoms with Crippen molar-refractivity contribution < 1.29 is 19.0 Å². The average Bonchev–Trinajstić information content (AvgIpc) is 2.83. The number of likely N-dealkylation sites (tertiary alicyclic amines) is 1. The van der Waals surface area contributed by atoms with Crippen molar-refractivity contribution in [2.75, 3.05) is 19.6 Å².